The summed E-state index contributed by atoms with van der Waals surface area (Å²) in [5.74, 6) is -0.808. The number of esters is 1. The molecule has 0 unspecified atom stereocenters. The summed E-state index contributed by atoms with van der Waals surface area (Å²) in [5, 5.41) is 10.4. The Morgan fingerprint density at radius 2 is 2.00 bits per heavy atom. The maximum Gasteiger partial charge on any atom is 0.549 e. The molecule has 0 saturated carbocycles. The quantitative estimate of drug-likeness (QED) is 0.318. The highest BCUT2D eigenvalue weighted by atomic mass is 16.7. The Hall–Kier alpha value is -2.50. The van der Waals surface area contributed by atoms with Crippen LogP contribution in [0.2, 0.25) is 0 Å². The average Bonchev–Trinajstić information content (AvgIpc) is 2.64. The van der Waals surface area contributed by atoms with Crippen LogP contribution < -0.4 is 0 Å². The highest BCUT2D eigenvalue weighted by molar-refractivity contribution is 6.04. The molecule has 0 fully saturated rings. The van der Waals surface area contributed by atoms with E-state index in [-0.39, 0.29) is 5.70 Å². The zero-order chi connectivity index (χ0) is 12.4. The fourth-order valence-electron chi connectivity index (χ4n) is 1.30. The zero-order valence-electron chi connectivity index (χ0n) is 8.91. The van der Waals surface area contributed by atoms with Gasteiger partial charge in [-0.05, 0) is 12.5 Å². The smallest absolute Gasteiger partial charge is 0.355 e. The molecular formula is C11H8N2O4. The van der Waals surface area contributed by atoms with Gasteiger partial charge in [-0.2, -0.15) is 0 Å². The van der Waals surface area contributed by atoms with Crippen molar-refractivity contribution in [2.45, 2.75) is 6.92 Å². The molecule has 1 aliphatic heterocycles. The summed E-state index contributed by atoms with van der Waals surface area (Å²) < 4.78 is 4.38. The Balaban J connectivity index is 2.31. The number of carbonyl (C=O) groups excluding carboxylic acids is 1. The Morgan fingerprint density at radius 3 is 2.53 bits per heavy atom. The number of nitro groups is 1. The van der Waals surface area contributed by atoms with E-state index in [0.717, 1.165) is 11.1 Å². The first-order valence-electron chi connectivity index (χ1n) is 4.80. The van der Waals surface area contributed by atoms with E-state index >= 15 is 0 Å². The van der Waals surface area contributed by atoms with Gasteiger partial charge in [-0.1, -0.05) is 29.8 Å². The second-order valence-electron chi connectivity index (χ2n) is 3.48. The van der Waals surface area contributed by atoms with Crippen LogP contribution in [0.4, 0.5) is 0 Å². The third-order valence-electron chi connectivity index (χ3n) is 2.15. The van der Waals surface area contributed by atoms with E-state index in [1.54, 1.807) is 12.1 Å². The Bertz CT molecular complexity index is 543. The standard InChI is InChI=1S/C11H8N2O4/c1-7-2-4-8(5-3-7)6-9-10(14)17-11(12-9)13(15)16/h2-6H,1H3. The lowest BCUT2D eigenvalue weighted by molar-refractivity contribution is -0.369. The van der Waals surface area contributed by atoms with Crippen molar-refractivity contribution in [3.8, 4) is 0 Å². The van der Waals surface area contributed by atoms with Crippen LogP contribution >= 0.6 is 0 Å². The first-order chi connectivity index (χ1) is 8.06. The second-order valence-corrected chi connectivity index (χ2v) is 3.48. The summed E-state index contributed by atoms with van der Waals surface area (Å²) >= 11 is 0. The summed E-state index contributed by atoms with van der Waals surface area (Å²) in [7, 11) is 0. The molecule has 6 heteroatoms. The molecule has 0 atom stereocenters. The molecule has 86 valence electrons. The van der Waals surface area contributed by atoms with Crippen LogP contribution in [0, 0.1) is 17.0 Å². The van der Waals surface area contributed by atoms with Crippen molar-refractivity contribution in [2.24, 2.45) is 4.99 Å². The molecule has 1 aromatic rings. The zero-order valence-corrected chi connectivity index (χ0v) is 8.91. The Morgan fingerprint density at radius 1 is 1.35 bits per heavy atom. The summed E-state index contributed by atoms with van der Waals surface area (Å²) in [4.78, 5) is 24.3. The summed E-state index contributed by atoms with van der Waals surface area (Å²) in [6.07, 6.45) is 1.44. The molecule has 1 aromatic carbocycles. The largest absolute Gasteiger partial charge is 0.549 e. The number of aliphatic imine (C=N–C) groups is 1. The van der Waals surface area contributed by atoms with Gasteiger partial charge >= 0.3 is 12.0 Å². The lowest BCUT2D eigenvalue weighted by Gasteiger charge is -1.93. The lowest BCUT2D eigenvalue weighted by atomic mass is 10.1. The number of carbonyl (C=O) groups is 1. The maximum absolute atomic E-state index is 11.3. The maximum atomic E-state index is 11.3. The molecule has 0 aromatic heterocycles. The molecule has 0 aliphatic carbocycles. The highest BCUT2D eigenvalue weighted by Gasteiger charge is 2.34. The van der Waals surface area contributed by atoms with Gasteiger partial charge in [0.15, 0.2) is 0 Å². The molecule has 17 heavy (non-hydrogen) atoms. The van der Waals surface area contributed by atoms with Crippen molar-refractivity contribution in [1.29, 1.82) is 0 Å². The number of rotatable bonds is 1. The van der Waals surface area contributed by atoms with Gasteiger partial charge in [-0.3, -0.25) is 0 Å². The van der Waals surface area contributed by atoms with Crippen LogP contribution in [0.1, 0.15) is 11.1 Å². The number of amidine groups is 1. The van der Waals surface area contributed by atoms with Gasteiger partial charge in [0.25, 0.3) is 5.70 Å². The number of hydrogen-bond acceptors (Lipinski definition) is 5. The first kappa shape index (κ1) is 11.0. The Labute approximate surface area is 96.4 Å². The normalized spacial score (nSPS) is 16.9. The third kappa shape index (κ3) is 2.36. The van der Waals surface area contributed by atoms with Crippen LogP contribution in [0.25, 0.3) is 6.08 Å². The van der Waals surface area contributed by atoms with Crippen LogP contribution in [0.3, 0.4) is 0 Å². The molecule has 0 N–H and O–H groups in total. The molecule has 1 aliphatic rings. The van der Waals surface area contributed by atoms with Gasteiger partial charge in [-0.25, -0.2) is 4.79 Å². The average molecular weight is 232 g/mol. The molecule has 6 nitrogen and oxygen atoms in total. The van der Waals surface area contributed by atoms with Crippen LogP contribution in [-0.4, -0.2) is 16.9 Å². The fraction of sp³-hybridized carbons (Fsp3) is 0.0909. The molecule has 0 amide bonds. The number of nitrogens with zero attached hydrogens (tertiary/aromatic N) is 2. The molecule has 0 saturated heterocycles. The van der Waals surface area contributed by atoms with Crippen molar-refractivity contribution in [3.05, 3.63) is 51.2 Å². The molecule has 0 bridgehead atoms. The van der Waals surface area contributed by atoms with Gasteiger partial charge in [-0.15, -0.1) is 0 Å². The topological polar surface area (TPSA) is 81.8 Å². The van der Waals surface area contributed by atoms with E-state index in [4.69, 9.17) is 0 Å². The van der Waals surface area contributed by atoms with E-state index in [0.29, 0.717) is 0 Å². The Kier molecular flexibility index (Phi) is 2.70. The minimum atomic E-state index is -0.839. The number of aryl methyl sites for hydroxylation is 1. The minimum absolute atomic E-state index is 0.0689. The summed E-state index contributed by atoms with van der Waals surface area (Å²) in [5.41, 5.74) is 1.74. The van der Waals surface area contributed by atoms with Gasteiger partial charge in [0.05, 0.1) is 0 Å². The highest BCUT2D eigenvalue weighted by Crippen LogP contribution is 2.15. The first-order valence-corrected chi connectivity index (χ1v) is 4.80. The number of ether oxygens (including phenoxy) is 1. The summed E-state index contributed by atoms with van der Waals surface area (Å²) in [6, 6.07) is 6.52. The van der Waals surface area contributed by atoms with Crippen molar-refractivity contribution in [3.63, 3.8) is 0 Å². The van der Waals surface area contributed by atoms with Gasteiger partial charge in [0.1, 0.15) is 0 Å². The summed E-state index contributed by atoms with van der Waals surface area (Å²) in [6.45, 7) is 1.93. The lowest BCUT2D eigenvalue weighted by Crippen LogP contribution is -2.13. The van der Waals surface area contributed by atoms with Crippen molar-refractivity contribution in [1.82, 2.24) is 0 Å². The molecule has 0 radical (unpaired) electrons. The molecular weight excluding hydrogens is 224 g/mol. The van der Waals surface area contributed by atoms with Crippen LogP contribution in [0.5, 0.6) is 0 Å². The molecule has 2 rings (SSSR count). The minimum Gasteiger partial charge on any atom is -0.355 e. The van der Waals surface area contributed by atoms with Crippen molar-refractivity contribution >= 4 is 18.1 Å². The second kappa shape index (κ2) is 4.17. The van der Waals surface area contributed by atoms with E-state index in [1.807, 2.05) is 19.1 Å². The predicted molar refractivity (Wildman–Crippen MR) is 59.7 cm³/mol. The number of benzene rings is 1. The van der Waals surface area contributed by atoms with E-state index in [2.05, 4.69) is 9.73 Å². The monoisotopic (exact) mass is 232 g/mol. The van der Waals surface area contributed by atoms with Crippen molar-refractivity contribution < 1.29 is 14.5 Å². The predicted octanol–water partition coefficient (Wildman–Crippen LogP) is 1.53. The van der Waals surface area contributed by atoms with Gasteiger partial charge in [0.2, 0.25) is 0 Å². The third-order valence-corrected chi connectivity index (χ3v) is 2.15. The SMILES string of the molecule is Cc1ccc(C=C2N=C([N+](=O)[O-])OC2=O)cc1. The fourth-order valence-corrected chi connectivity index (χ4v) is 1.30. The van der Waals surface area contributed by atoms with Crippen LogP contribution in [-0.2, 0) is 9.53 Å². The van der Waals surface area contributed by atoms with Gasteiger partial charge < -0.3 is 14.9 Å². The molecule has 1 heterocycles. The van der Waals surface area contributed by atoms with Gasteiger partial charge in [0, 0.05) is 16.0 Å². The van der Waals surface area contributed by atoms with Crippen molar-refractivity contribution in [2.75, 3.05) is 0 Å². The van der Waals surface area contributed by atoms with E-state index in [9.17, 15) is 14.9 Å². The van der Waals surface area contributed by atoms with Crippen LogP contribution in [0.15, 0.2) is 35.0 Å². The number of hydrogen-bond donors (Lipinski definition) is 0. The molecule has 0 spiro atoms. The number of cyclic esters (lactones) is 1. The van der Waals surface area contributed by atoms with E-state index in [1.165, 1.54) is 6.08 Å². The van der Waals surface area contributed by atoms with E-state index < -0.39 is 16.9 Å².